The average molecular weight is 288 g/mol. The summed E-state index contributed by atoms with van der Waals surface area (Å²) in [6, 6.07) is 5.13. The van der Waals surface area contributed by atoms with Crippen LogP contribution in [-0.4, -0.2) is 5.97 Å². The van der Waals surface area contributed by atoms with Crippen molar-refractivity contribution in [2.75, 3.05) is 0 Å². The lowest BCUT2D eigenvalue weighted by Crippen LogP contribution is -2.34. The summed E-state index contributed by atoms with van der Waals surface area (Å²) in [5.41, 5.74) is -2.96. The average Bonchev–Trinajstić information content (AvgIpc) is 2.26. The third kappa shape index (κ3) is 3.74. The Balaban J connectivity index is 3.20. The molecule has 0 aliphatic rings. The van der Waals surface area contributed by atoms with Crippen LogP contribution in [0, 0.1) is 5.41 Å². The van der Waals surface area contributed by atoms with Gasteiger partial charge in [0.1, 0.15) is 5.60 Å². The first kappa shape index (κ1) is 16.5. The first-order chi connectivity index (χ1) is 8.86. The lowest BCUT2D eigenvalue weighted by atomic mass is 9.91. The van der Waals surface area contributed by atoms with Gasteiger partial charge in [-0.2, -0.15) is 13.2 Å². The van der Waals surface area contributed by atoms with Crippen LogP contribution < -0.4 is 0 Å². The molecule has 1 aromatic carbocycles. The van der Waals surface area contributed by atoms with E-state index in [-0.39, 0.29) is 5.56 Å². The van der Waals surface area contributed by atoms with Gasteiger partial charge in [-0.1, -0.05) is 18.2 Å². The standard InChI is InChI=1S/C15H19F3O2/c1-13(2,3)12(19)20-14(4,5)10-8-6-7-9-11(10)15(16,17)18/h6-9H,1-5H3. The molecule has 0 aliphatic carbocycles. The molecule has 0 saturated carbocycles. The first-order valence-corrected chi connectivity index (χ1v) is 6.26. The van der Waals surface area contributed by atoms with E-state index in [0.717, 1.165) is 6.07 Å². The second kappa shape index (κ2) is 5.11. The molecular weight excluding hydrogens is 269 g/mol. The van der Waals surface area contributed by atoms with Crippen molar-refractivity contribution in [1.29, 1.82) is 0 Å². The number of carbonyl (C=O) groups excluding carboxylic acids is 1. The zero-order valence-corrected chi connectivity index (χ0v) is 12.3. The van der Waals surface area contributed by atoms with Crippen LogP contribution in [0.5, 0.6) is 0 Å². The van der Waals surface area contributed by atoms with Crippen LogP contribution in [0.25, 0.3) is 0 Å². The summed E-state index contributed by atoms with van der Waals surface area (Å²) in [5, 5.41) is 0. The summed E-state index contributed by atoms with van der Waals surface area (Å²) in [6.07, 6.45) is -4.48. The fraction of sp³-hybridized carbons (Fsp3) is 0.533. The Morgan fingerprint density at radius 3 is 1.80 bits per heavy atom. The van der Waals surface area contributed by atoms with E-state index in [1.807, 2.05) is 0 Å². The number of carbonyl (C=O) groups is 1. The minimum Gasteiger partial charge on any atom is -0.454 e. The smallest absolute Gasteiger partial charge is 0.416 e. The third-order valence-corrected chi connectivity index (χ3v) is 2.84. The number of ether oxygens (including phenoxy) is 1. The van der Waals surface area contributed by atoms with E-state index in [9.17, 15) is 18.0 Å². The van der Waals surface area contributed by atoms with Crippen molar-refractivity contribution < 1.29 is 22.7 Å². The van der Waals surface area contributed by atoms with Gasteiger partial charge >= 0.3 is 12.1 Å². The van der Waals surface area contributed by atoms with Gasteiger partial charge in [0.2, 0.25) is 0 Å². The van der Waals surface area contributed by atoms with Gasteiger partial charge in [0, 0.05) is 5.56 Å². The number of alkyl halides is 3. The molecule has 0 heterocycles. The molecule has 1 rings (SSSR count). The molecule has 0 aliphatic heterocycles. The summed E-state index contributed by atoms with van der Waals surface area (Å²) < 4.78 is 44.3. The van der Waals surface area contributed by atoms with E-state index in [1.165, 1.54) is 32.0 Å². The van der Waals surface area contributed by atoms with Gasteiger partial charge in [-0.3, -0.25) is 4.79 Å². The maximum Gasteiger partial charge on any atom is 0.416 e. The van der Waals surface area contributed by atoms with Crippen LogP contribution in [-0.2, 0) is 21.3 Å². The van der Waals surface area contributed by atoms with Gasteiger partial charge in [0.25, 0.3) is 0 Å². The van der Waals surface area contributed by atoms with Crippen LogP contribution in [0.2, 0.25) is 0 Å². The Morgan fingerprint density at radius 1 is 0.950 bits per heavy atom. The molecule has 0 amide bonds. The largest absolute Gasteiger partial charge is 0.454 e. The molecule has 0 saturated heterocycles. The second-order valence-electron chi connectivity index (χ2n) is 6.19. The molecule has 0 atom stereocenters. The van der Waals surface area contributed by atoms with Crippen molar-refractivity contribution in [1.82, 2.24) is 0 Å². The van der Waals surface area contributed by atoms with E-state index in [0.29, 0.717) is 0 Å². The van der Waals surface area contributed by atoms with Gasteiger partial charge < -0.3 is 4.74 Å². The molecular formula is C15H19F3O2. The fourth-order valence-corrected chi connectivity index (χ4v) is 1.70. The van der Waals surface area contributed by atoms with Crippen LogP contribution >= 0.6 is 0 Å². The zero-order chi connectivity index (χ0) is 15.8. The molecule has 0 N–H and O–H groups in total. The molecule has 0 aromatic heterocycles. The quantitative estimate of drug-likeness (QED) is 0.747. The van der Waals surface area contributed by atoms with Crippen molar-refractivity contribution in [3.05, 3.63) is 35.4 Å². The SMILES string of the molecule is CC(C)(C)C(=O)OC(C)(C)c1ccccc1C(F)(F)F. The fourth-order valence-electron chi connectivity index (χ4n) is 1.70. The Morgan fingerprint density at radius 2 is 1.40 bits per heavy atom. The predicted octanol–water partition coefficient (Wildman–Crippen LogP) is 4.53. The van der Waals surface area contributed by atoms with Crippen LogP contribution in [0.15, 0.2) is 24.3 Å². The third-order valence-electron chi connectivity index (χ3n) is 2.84. The normalized spacial score (nSPS) is 13.2. The van der Waals surface area contributed by atoms with E-state index < -0.39 is 28.7 Å². The van der Waals surface area contributed by atoms with Crippen molar-refractivity contribution >= 4 is 5.97 Å². The summed E-state index contributed by atoms with van der Waals surface area (Å²) in [6.45, 7) is 7.88. The highest BCUT2D eigenvalue weighted by Crippen LogP contribution is 2.38. The number of benzene rings is 1. The topological polar surface area (TPSA) is 26.3 Å². The number of halogens is 3. The Hall–Kier alpha value is -1.52. The number of hydrogen-bond acceptors (Lipinski definition) is 2. The van der Waals surface area contributed by atoms with Gasteiger partial charge in [-0.15, -0.1) is 0 Å². The van der Waals surface area contributed by atoms with Gasteiger partial charge in [0.15, 0.2) is 0 Å². The summed E-state index contributed by atoms with van der Waals surface area (Å²) >= 11 is 0. The van der Waals surface area contributed by atoms with E-state index in [2.05, 4.69) is 0 Å². The van der Waals surface area contributed by atoms with Crippen LogP contribution in [0.1, 0.15) is 45.7 Å². The van der Waals surface area contributed by atoms with Crippen LogP contribution in [0.4, 0.5) is 13.2 Å². The maximum absolute atomic E-state index is 13.0. The molecule has 1 aromatic rings. The highest BCUT2D eigenvalue weighted by atomic mass is 19.4. The van der Waals surface area contributed by atoms with E-state index in [4.69, 9.17) is 4.74 Å². The molecule has 0 spiro atoms. The van der Waals surface area contributed by atoms with Crippen LogP contribution in [0.3, 0.4) is 0 Å². The second-order valence-corrected chi connectivity index (χ2v) is 6.19. The molecule has 20 heavy (non-hydrogen) atoms. The van der Waals surface area contributed by atoms with Crippen molar-refractivity contribution in [3.8, 4) is 0 Å². The molecule has 112 valence electrons. The predicted molar refractivity (Wildman–Crippen MR) is 70.0 cm³/mol. The van der Waals surface area contributed by atoms with Gasteiger partial charge in [-0.05, 0) is 40.7 Å². The molecule has 0 bridgehead atoms. The molecule has 0 radical (unpaired) electrons. The van der Waals surface area contributed by atoms with E-state index >= 15 is 0 Å². The molecule has 2 nitrogen and oxygen atoms in total. The molecule has 5 heteroatoms. The van der Waals surface area contributed by atoms with Crippen molar-refractivity contribution in [3.63, 3.8) is 0 Å². The molecule has 0 fully saturated rings. The van der Waals surface area contributed by atoms with E-state index in [1.54, 1.807) is 20.8 Å². The first-order valence-electron chi connectivity index (χ1n) is 6.26. The number of rotatable bonds is 2. The highest BCUT2D eigenvalue weighted by molar-refractivity contribution is 5.76. The Kier molecular flexibility index (Phi) is 4.22. The number of esters is 1. The molecule has 0 unspecified atom stereocenters. The summed E-state index contributed by atoms with van der Waals surface area (Å²) in [4.78, 5) is 11.9. The van der Waals surface area contributed by atoms with Gasteiger partial charge in [0.05, 0.1) is 11.0 Å². The van der Waals surface area contributed by atoms with Gasteiger partial charge in [-0.25, -0.2) is 0 Å². The Bertz CT molecular complexity index is 497. The van der Waals surface area contributed by atoms with Crippen molar-refractivity contribution in [2.24, 2.45) is 5.41 Å². The minimum atomic E-state index is -4.48. The Labute approximate surface area is 116 Å². The zero-order valence-electron chi connectivity index (χ0n) is 12.3. The maximum atomic E-state index is 13.0. The number of hydrogen-bond donors (Lipinski definition) is 0. The summed E-state index contributed by atoms with van der Waals surface area (Å²) in [7, 11) is 0. The summed E-state index contributed by atoms with van der Waals surface area (Å²) in [5.74, 6) is -0.542. The monoisotopic (exact) mass is 288 g/mol. The lowest BCUT2D eigenvalue weighted by Gasteiger charge is -2.31. The lowest BCUT2D eigenvalue weighted by molar-refractivity contribution is -0.169. The van der Waals surface area contributed by atoms with Crippen molar-refractivity contribution in [2.45, 2.75) is 46.4 Å². The highest BCUT2D eigenvalue weighted by Gasteiger charge is 2.40. The minimum absolute atomic E-state index is 0.0508.